The van der Waals surface area contributed by atoms with Gasteiger partial charge >= 0.3 is 0 Å². The van der Waals surface area contributed by atoms with E-state index in [0.717, 1.165) is 41.2 Å². The Bertz CT molecular complexity index is 1260. The fraction of sp³-hybridized carbons (Fsp3) is 0.346. The quantitative estimate of drug-likeness (QED) is 0.542. The minimum Gasteiger partial charge on any atom is -0.487 e. The molecule has 1 amide bonds. The lowest BCUT2D eigenvalue weighted by Gasteiger charge is -2.41. The molecule has 0 aliphatic carbocycles. The zero-order chi connectivity index (χ0) is 23.6. The average molecular weight is 467 g/mol. The van der Waals surface area contributed by atoms with Gasteiger partial charge in [-0.25, -0.2) is 8.42 Å². The minimum absolute atomic E-state index is 0.253. The van der Waals surface area contributed by atoms with Crippen molar-refractivity contribution in [3.05, 3.63) is 72.3 Å². The molecule has 7 heteroatoms. The summed E-state index contributed by atoms with van der Waals surface area (Å²) in [6, 6.07) is 20.5. The minimum atomic E-state index is -3.69. The van der Waals surface area contributed by atoms with Crippen molar-refractivity contribution in [1.82, 2.24) is 5.32 Å². The molecule has 0 fully saturated rings. The summed E-state index contributed by atoms with van der Waals surface area (Å²) in [4.78, 5) is 13.2. The Morgan fingerprint density at radius 2 is 1.70 bits per heavy atom. The summed E-state index contributed by atoms with van der Waals surface area (Å²) < 4.78 is 33.0. The van der Waals surface area contributed by atoms with E-state index in [1.54, 1.807) is 12.1 Å². The lowest BCUT2D eigenvalue weighted by atomic mass is 9.83. The van der Waals surface area contributed by atoms with Crippen molar-refractivity contribution in [3.8, 4) is 5.75 Å². The smallest absolute Gasteiger partial charge is 0.241 e. The maximum atomic E-state index is 13.2. The fourth-order valence-electron chi connectivity index (χ4n) is 4.61. The van der Waals surface area contributed by atoms with Gasteiger partial charge in [-0.2, -0.15) is 0 Å². The molecule has 1 N–H and O–H groups in total. The number of para-hydroxylation sites is 1. The normalized spacial score (nSPS) is 17.1. The number of hydrogen-bond donors (Lipinski definition) is 1. The number of nitrogens with zero attached hydrogens (tertiary/aromatic N) is 1. The summed E-state index contributed by atoms with van der Waals surface area (Å²) in [5.74, 6) is 0.419. The molecule has 4 rings (SSSR count). The first-order chi connectivity index (χ1) is 15.8. The van der Waals surface area contributed by atoms with Crippen LogP contribution in [0.2, 0.25) is 0 Å². The van der Waals surface area contributed by atoms with Crippen molar-refractivity contribution >= 4 is 32.4 Å². The largest absolute Gasteiger partial charge is 0.487 e. The molecule has 0 saturated carbocycles. The highest BCUT2D eigenvalue weighted by atomic mass is 32.2. The van der Waals surface area contributed by atoms with E-state index >= 15 is 0 Å². The molecule has 33 heavy (non-hydrogen) atoms. The van der Waals surface area contributed by atoms with Crippen LogP contribution in [-0.2, 0) is 14.8 Å². The lowest BCUT2D eigenvalue weighted by Crippen LogP contribution is -2.47. The molecule has 0 unspecified atom stereocenters. The third kappa shape index (κ3) is 4.69. The van der Waals surface area contributed by atoms with E-state index in [2.05, 4.69) is 19.2 Å². The average Bonchev–Trinajstić information content (AvgIpc) is 2.81. The molecule has 174 valence electrons. The highest BCUT2D eigenvalue weighted by Crippen LogP contribution is 2.42. The Labute approximate surface area is 195 Å². The third-order valence-corrected chi connectivity index (χ3v) is 7.67. The molecule has 0 spiro atoms. The molecular weight excluding hydrogens is 436 g/mol. The van der Waals surface area contributed by atoms with Gasteiger partial charge < -0.3 is 10.1 Å². The van der Waals surface area contributed by atoms with Crippen LogP contribution in [0.25, 0.3) is 10.8 Å². The Hall–Kier alpha value is -3.06. The molecule has 1 aliphatic rings. The second-order valence-electron chi connectivity index (χ2n) is 8.62. The number of carbonyl (C=O) groups excluding carboxylic acids is 1. The molecule has 0 saturated heterocycles. The molecule has 0 bridgehead atoms. The van der Waals surface area contributed by atoms with Crippen molar-refractivity contribution in [2.75, 3.05) is 17.1 Å². The number of sulfonamides is 1. The molecule has 0 radical (unpaired) electrons. The summed E-state index contributed by atoms with van der Waals surface area (Å²) in [5.41, 5.74) is 1.05. The number of rotatable bonds is 7. The highest BCUT2D eigenvalue weighted by Gasteiger charge is 2.39. The van der Waals surface area contributed by atoms with Gasteiger partial charge in [0, 0.05) is 17.4 Å². The van der Waals surface area contributed by atoms with Crippen LogP contribution in [0.4, 0.5) is 5.69 Å². The Kier molecular flexibility index (Phi) is 6.34. The van der Waals surface area contributed by atoms with Gasteiger partial charge in [0.15, 0.2) is 0 Å². The first kappa shape index (κ1) is 23.1. The first-order valence-corrected chi connectivity index (χ1v) is 13.1. The Balaban J connectivity index is 1.64. The van der Waals surface area contributed by atoms with Crippen LogP contribution >= 0.6 is 0 Å². The summed E-state index contributed by atoms with van der Waals surface area (Å²) >= 11 is 0. The summed E-state index contributed by atoms with van der Waals surface area (Å²) in [5, 5.41) is 4.79. The molecule has 3 aromatic rings. The van der Waals surface area contributed by atoms with Crippen molar-refractivity contribution in [2.45, 2.75) is 44.8 Å². The molecule has 6 nitrogen and oxygen atoms in total. The number of fused-ring (bicyclic) bond motifs is 2. The van der Waals surface area contributed by atoms with Crippen LogP contribution in [0.1, 0.15) is 44.7 Å². The van der Waals surface area contributed by atoms with E-state index in [1.165, 1.54) is 4.31 Å². The number of benzene rings is 3. The molecule has 1 aliphatic heterocycles. The zero-order valence-corrected chi connectivity index (χ0v) is 20.1. The van der Waals surface area contributed by atoms with E-state index in [9.17, 15) is 13.2 Å². The van der Waals surface area contributed by atoms with Crippen molar-refractivity contribution in [1.29, 1.82) is 0 Å². The van der Waals surface area contributed by atoms with Gasteiger partial charge in [-0.05, 0) is 30.4 Å². The fourth-order valence-corrected chi connectivity index (χ4v) is 5.48. The highest BCUT2D eigenvalue weighted by molar-refractivity contribution is 7.92. The molecule has 1 atom stereocenters. The zero-order valence-electron chi connectivity index (χ0n) is 19.2. The lowest BCUT2D eigenvalue weighted by molar-refractivity contribution is -0.121. The number of ether oxygens (including phenoxy) is 1. The van der Waals surface area contributed by atoms with Crippen LogP contribution in [0, 0.1) is 0 Å². The number of carbonyl (C=O) groups is 1. The SMILES string of the molecule is CCC1(CC)C[C@@H](NC(=O)CN(c2cccc3ccccc23)S(C)(=O)=O)c2ccccc2O1. The van der Waals surface area contributed by atoms with Gasteiger partial charge in [-0.1, -0.05) is 68.4 Å². The Morgan fingerprint density at radius 1 is 1.03 bits per heavy atom. The molecule has 3 aromatic carbocycles. The van der Waals surface area contributed by atoms with Gasteiger partial charge in [0.25, 0.3) is 0 Å². The number of anilines is 1. The van der Waals surface area contributed by atoms with Crippen molar-refractivity contribution < 1.29 is 17.9 Å². The van der Waals surface area contributed by atoms with Crippen LogP contribution < -0.4 is 14.4 Å². The monoisotopic (exact) mass is 466 g/mol. The van der Waals surface area contributed by atoms with Crippen molar-refractivity contribution in [2.24, 2.45) is 0 Å². The van der Waals surface area contributed by atoms with E-state index < -0.39 is 10.0 Å². The number of nitrogens with one attached hydrogen (secondary N) is 1. The molecule has 0 aromatic heterocycles. The second-order valence-corrected chi connectivity index (χ2v) is 10.5. The van der Waals surface area contributed by atoms with Crippen LogP contribution in [0.3, 0.4) is 0 Å². The third-order valence-electron chi connectivity index (χ3n) is 6.54. The maximum absolute atomic E-state index is 13.2. The van der Waals surface area contributed by atoms with Crippen LogP contribution in [0.5, 0.6) is 5.75 Å². The van der Waals surface area contributed by atoms with Gasteiger partial charge in [0.05, 0.1) is 18.0 Å². The van der Waals surface area contributed by atoms with Gasteiger partial charge in [-0.3, -0.25) is 9.10 Å². The predicted octanol–water partition coefficient (Wildman–Crippen LogP) is 4.80. The standard InChI is InChI=1S/C26H30N2O4S/c1-4-26(5-2)17-22(21-14-8-9-16-24(21)32-26)27-25(29)18-28(33(3,30)31)23-15-10-12-19-11-6-7-13-20(19)23/h6-16,22H,4-5,17-18H2,1-3H3,(H,27,29)/t22-/m1/s1. The topological polar surface area (TPSA) is 75.7 Å². The van der Waals surface area contributed by atoms with E-state index in [1.807, 2.05) is 54.6 Å². The van der Waals surface area contributed by atoms with E-state index in [4.69, 9.17) is 4.74 Å². The summed E-state index contributed by atoms with van der Waals surface area (Å²) in [6.45, 7) is 3.88. The molecular formula is C26H30N2O4S. The van der Waals surface area contributed by atoms with E-state index in [0.29, 0.717) is 12.1 Å². The second kappa shape index (κ2) is 9.06. The van der Waals surface area contributed by atoms with Crippen LogP contribution in [-0.4, -0.2) is 32.7 Å². The van der Waals surface area contributed by atoms with Gasteiger partial charge in [-0.15, -0.1) is 0 Å². The first-order valence-electron chi connectivity index (χ1n) is 11.3. The number of hydrogen-bond acceptors (Lipinski definition) is 4. The molecule has 1 heterocycles. The number of amides is 1. The Morgan fingerprint density at radius 3 is 2.42 bits per heavy atom. The predicted molar refractivity (Wildman–Crippen MR) is 132 cm³/mol. The van der Waals surface area contributed by atoms with E-state index in [-0.39, 0.29) is 24.1 Å². The van der Waals surface area contributed by atoms with Gasteiger partial charge in [0.1, 0.15) is 17.9 Å². The van der Waals surface area contributed by atoms with Crippen LogP contribution in [0.15, 0.2) is 66.7 Å². The summed E-state index contributed by atoms with van der Waals surface area (Å²) in [7, 11) is -3.69. The van der Waals surface area contributed by atoms with Gasteiger partial charge in [0.2, 0.25) is 15.9 Å². The summed E-state index contributed by atoms with van der Waals surface area (Å²) in [6.07, 6.45) is 3.40. The van der Waals surface area contributed by atoms with Crippen molar-refractivity contribution in [3.63, 3.8) is 0 Å². The maximum Gasteiger partial charge on any atom is 0.241 e.